The maximum atomic E-state index is 13.1. The summed E-state index contributed by atoms with van der Waals surface area (Å²) in [5.41, 5.74) is 7.32. The quantitative estimate of drug-likeness (QED) is 0.888. The monoisotopic (exact) mass is 263 g/mol. The van der Waals surface area contributed by atoms with Crippen LogP contribution in [0.25, 0.3) is 5.69 Å². The van der Waals surface area contributed by atoms with Gasteiger partial charge in [-0.3, -0.25) is 0 Å². The third kappa shape index (κ3) is 3.01. The number of benzene rings is 1. The van der Waals surface area contributed by atoms with Crippen molar-refractivity contribution in [3.63, 3.8) is 0 Å². The summed E-state index contributed by atoms with van der Waals surface area (Å²) >= 11 is 0. The molecule has 102 valence electrons. The molecular weight excluding hydrogens is 245 g/mol. The van der Waals surface area contributed by atoms with Crippen LogP contribution in [0, 0.1) is 18.7 Å². The zero-order valence-corrected chi connectivity index (χ0v) is 11.3. The van der Waals surface area contributed by atoms with Gasteiger partial charge in [-0.1, -0.05) is 13.8 Å². The van der Waals surface area contributed by atoms with Gasteiger partial charge in [-0.05, 0) is 36.6 Å². The normalized spacial score (nSPS) is 11.0. The topological polar surface area (TPSA) is 68.8 Å². The van der Waals surface area contributed by atoms with E-state index in [0.29, 0.717) is 11.9 Å². The molecule has 1 heterocycles. The Labute approximate surface area is 111 Å². The van der Waals surface area contributed by atoms with Crippen molar-refractivity contribution in [1.82, 2.24) is 14.8 Å². The van der Waals surface area contributed by atoms with Crippen LogP contribution in [-0.2, 0) is 0 Å². The van der Waals surface area contributed by atoms with E-state index in [2.05, 4.69) is 29.2 Å². The first-order chi connectivity index (χ1) is 8.97. The molecule has 0 atom stereocenters. The number of hydrogen-bond donors (Lipinski definition) is 2. The summed E-state index contributed by atoms with van der Waals surface area (Å²) in [6.07, 6.45) is 0. The number of nitrogens with one attached hydrogen (secondary N) is 1. The number of halogens is 1. The molecule has 0 saturated carbocycles. The van der Waals surface area contributed by atoms with E-state index in [4.69, 9.17) is 5.73 Å². The zero-order chi connectivity index (χ0) is 14.0. The minimum absolute atomic E-state index is 0.279. The van der Waals surface area contributed by atoms with Gasteiger partial charge in [0.05, 0.1) is 5.69 Å². The van der Waals surface area contributed by atoms with E-state index < -0.39 is 0 Å². The number of rotatable bonds is 4. The van der Waals surface area contributed by atoms with Gasteiger partial charge in [-0.15, -0.1) is 5.10 Å². The Morgan fingerprint density at radius 1 is 1.42 bits per heavy atom. The van der Waals surface area contributed by atoms with Crippen molar-refractivity contribution in [1.29, 1.82) is 0 Å². The lowest BCUT2D eigenvalue weighted by atomic mass is 10.2. The van der Waals surface area contributed by atoms with E-state index >= 15 is 0 Å². The van der Waals surface area contributed by atoms with Gasteiger partial charge in [-0.2, -0.15) is 9.67 Å². The highest BCUT2D eigenvalue weighted by molar-refractivity contribution is 5.46. The number of nitrogen functional groups attached to an aromatic ring is 1. The lowest BCUT2D eigenvalue weighted by molar-refractivity contribution is 0.625. The Hall–Kier alpha value is -2.11. The number of aromatic nitrogens is 3. The zero-order valence-electron chi connectivity index (χ0n) is 11.3. The van der Waals surface area contributed by atoms with Crippen LogP contribution in [0.3, 0.4) is 0 Å². The van der Waals surface area contributed by atoms with Crippen molar-refractivity contribution in [3.8, 4) is 5.69 Å². The smallest absolute Gasteiger partial charge is 0.244 e. The van der Waals surface area contributed by atoms with Crippen LogP contribution in [-0.4, -0.2) is 21.3 Å². The summed E-state index contributed by atoms with van der Waals surface area (Å²) in [5.74, 6) is 0.967. The molecule has 6 heteroatoms. The van der Waals surface area contributed by atoms with Gasteiger partial charge in [0.25, 0.3) is 0 Å². The van der Waals surface area contributed by atoms with E-state index in [9.17, 15) is 4.39 Å². The molecule has 0 aliphatic carbocycles. The molecule has 1 aromatic carbocycles. The summed E-state index contributed by atoms with van der Waals surface area (Å²) in [5, 5.41) is 7.40. The van der Waals surface area contributed by atoms with E-state index in [1.54, 1.807) is 13.0 Å². The summed E-state index contributed by atoms with van der Waals surface area (Å²) < 4.78 is 14.6. The van der Waals surface area contributed by atoms with E-state index in [1.807, 2.05) is 0 Å². The lowest BCUT2D eigenvalue weighted by Crippen LogP contribution is -2.09. The maximum Gasteiger partial charge on any atom is 0.244 e. The van der Waals surface area contributed by atoms with Crippen LogP contribution >= 0.6 is 0 Å². The Morgan fingerprint density at radius 2 is 2.16 bits per heavy atom. The number of aryl methyl sites for hydroxylation is 1. The number of anilines is 2. The fourth-order valence-electron chi connectivity index (χ4n) is 1.73. The first-order valence-electron chi connectivity index (χ1n) is 6.20. The molecule has 1 aromatic heterocycles. The molecule has 0 unspecified atom stereocenters. The molecular formula is C13H18FN5. The van der Waals surface area contributed by atoms with Crippen LogP contribution in [0.4, 0.5) is 16.3 Å². The van der Waals surface area contributed by atoms with Crippen LogP contribution < -0.4 is 11.1 Å². The molecule has 0 aliphatic rings. The number of nitrogens with zero attached hydrogens (tertiary/aromatic N) is 3. The second-order valence-corrected chi connectivity index (χ2v) is 4.91. The first kappa shape index (κ1) is 13.3. The molecule has 0 fully saturated rings. The summed E-state index contributed by atoms with van der Waals surface area (Å²) in [6, 6.07) is 4.46. The largest absolute Gasteiger partial charge is 0.368 e. The molecule has 2 rings (SSSR count). The Bertz CT molecular complexity index is 576. The summed E-state index contributed by atoms with van der Waals surface area (Å²) in [7, 11) is 0. The van der Waals surface area contributed by atoms with Crippen LogP contribution in [0.5, 0.6) is 0 Å². The van der Waals surface area contributed by atoms with Gasteiger partial charge >= 0.3 is 0 Å². The van der Waals surface area contributed by atoms with E-state index in [1.165, 1.54) is 16.8 Å². The summed E-state index contributed by atoms with van der Waals surface area (Å²) in [6.45, 7) is 6.77. The van der Waals surface area contributed by atoms with Gasteiger partial charge < -0.3 is 11.1 Å². The highest BCUT2D eigenvalue weighted by Crippen LogP contribution is 2.18. The molecule has 0 radical (unpaired) electrons. The number of nitrogens with two attached hydrogens (primary N) is 1. The highest BCUT2D eigenvalue weighted by atomic mass is 19.1. The van der Waals surface area contributed by atoms with E-state index in [0.717, 1.165) is 17.8 Å². The van der Waals surface area contributed by atoms with Gasteiger partial charge in [0, 0.05) is 6.54 Å². The minimum Gasteiger partial charge on any atom is -0.368 e. The molecule has 0 amide bonds. The molecule has 0 saturated heterocycles. The van der Waals surface area contributed by atoms with Gasteiger partial charge in [0.1, 0.15) is 5.82 Å². The molecule has 0 bridgehead atoms. The minimum atomic E-state index is -0.280. The van der Waals surface area contributed by atoms with Crippen molar-refractivity contribution in [2.24, 2.45) is 5.92 Å². The van der Waals surface area contributed by atoms with Crippen LogP contribution in [0.1, 0.15) is 19.4 Å². The standard InChI is InChI=1S/C13H18FN5/c1-8(2)7-16-13-17-12(15)19(18-13)11-5-4-10(14)6-9(11)3/h4-6,8H,7H2,1-3H3,(H3,15,16,17,18). The van der Waals surface area contributed by atoms with Gasteiger partial charge in [-0.25, -0.2) is 4.39 Å². The maximum absolute atomic E-state index is 13.1. The molecule has 3 N–H and O–H groups in total. The number of hydrogen-bond acceptors (Lipinski definition) is 4. The molecule has 0 spiro atoms. The predicted molar refractivity (Wildman–Crippen MR) is 73.8 cm³/mol. The molecule has 19 heavy (non-hydrogen) atoms. The van der Waals surface area contributed by atoms with Crippen LogP contribution in [0.2, 0.25) is 0 Å². The first-order valence-corrected chi connectivity index (χ1v) is 6.20. The second-order valence-electron chi connectivity index (χ2n) is 4.91. The van der Waals surface area contributed by atoms with Crippen molar-refractivity contribution in [3.05, 3.63) is 29.6 Å². The Morgan fingerprint density at radius 3 is 2.79 bits per heavy atom. The molecule has 2 aromatic rings. The van der Waals surface area contributed by atoms with E-state index in [-0.39, 0.29) is 11.8 Å². The summed E-state index contributed by atoms with van der Waals surface area (Å²) in [4.78, 5) is 4.15. The fourth-order valence-corrected chi connectivity index (χ4v) is 1.73. The van der Waals surface area contributed by atoms with Crippen molar-refractivity contribution in [2.75, 3.05) is 17.6 Å². The second kappa shape index (κ2) is 5.26. The highest BCUT2D eigenvalue weighted by Gasteiger charge is 2.11. The van der Waals surface area contributed by atoms with Gasteiger partial charge in [0.15, 0.2) is 0 Å². The predicted octanol–water partition coefficient (Wildman–Crippen LogP) is 2.36. The van der Waals surface area contributed by atoms with Crippen LogP contribution in [0.15, 0.2) is 18.2 Å². The molecule has 5 nitrogen and oxygen atoms in total. The molecule has 0 aliphatic heterocycles. The average Bonchev–Trinajstić information content (AvgIpc) is 2.68. The average molecular weight is 263 g/mol. The fraction of sp³-hybridized carbons (Fsp3) is 0.385. The van der Waals surface area contributed by atoms with Gasteiger partial charge in [0.2, 0.25) is 11.9 Å². The Balaban J connectivity index is 2.29. The third-order valence-corrected chi connectivity index (χ3v) is 2.69. The SMILES string of the molecule is Cc1cc(F)ccc1-n1nc(NCC(C)C)nc1N. The Kier molecular flexibility index (Phi) is 3.69. The van der Waals surface area contributed by atoms with Crippen molar-refractivity contribution in [2.45, 2.75) is 20.8 Å². The van der Waals surface area contributed by atoms with Crippen molar-refractivity contribution >= 4 is 11.9 Å². The third-order valence-electron chi connectivity index (χ3n) is 2.69. The lowest BCUT2D eigenvalue weighted by Gasteiger charge is -2.06. The van der Waals surface area contributed by atoms with Crippen molar-refractivity contribution < 1.29 is 4.39 Å².